The number of benzene rings is 3. The van der Waals surface area contributed by atoms with Crippen LogP contribution in [0.4, 0.5) is 9.59 Å². The molecule has 3 amide bonds. The predicted molar refractivity (Wildman–Crippen MR) is 161 cm³/mol. The Morgan fingerprint density at radius 3 is 2.14 bits per heavy atom. The van der Waals surface area contributed by atoms with Crippen molar-refractivity contribution in [3.63, 3.8) is 0 Å². The lowest BCUT2D eigenvalue weighted by Gasteiger charge is -2.30. The van der Waals surface area contributed by atoms with Crippen LogP contribution in [-0.2, 0) is 33.7 Å². The molecule has 1 heterocycles. The van der Waals surface area contributed by atoms with E-state index >= 15 is 0 Å². The first-order valence-corrected chi connectivity index (χ1v) is 14.3. The van der Waals surface area contributed by atoms with Gasteiger partial charge >= 0.3 is 12.2 Å². The van der Waals surface area contributed by atoms with Gasteiger partial charge in [-0.2, -0.15) is 0 Å². The van der Waals surface area contributed by atoms with Crippen LogP contribution < -0.4 is 25.4 Å². The molecule has 10 heteroatoms. The van der Waals surface area contributed by atoms with Crippen LogP contribution in [0.25, 0.3) is 0 Å². The minimum absolute atomic E-state index is 0.0595. The van der Waals surface area contributed by atoms with Crippen molar-refractivity contribution in [3.8, 4) is 11.5 Å². The second-order valence-electron chi connectivity index (χ2n) is 11.2. The standard InChI is InChI=1S/C33H39N3O7/c1-33(2,3)43-32(39)36-26(18-23-10-6-4-7-11-23)27(35-31(38)40-21-25-12-8-5-9-13-25)20-30(37)34-17-16-24-14-15-28-29(19-24)42-22-41-28/h4-15,19,26-27H,16-18,20-22H2,1-3H3,(H,34,37)(H,35,38)(H,36,39)/t26-,27-/m0/s1. The van der Waals surface area contributed by atoms with Crippen LogP contribution in [0, 0.1) is 0 Å². The fourth-order valence-corrected chi connectivity index (χ4v) is 4.55. The third-order valence-corrected chi connectivity index (χ3v) is 6.58. The molecule has 0 radical (unpaired) electrons. The molecular weight excluding hydrogens is 550 g/mol. The number of hydrogen-bond donors (Lipinski definition) is 3. The zero-order valence-corrected chi connectivity index (χ0v) is 24.8. The molecule has 0 saturated heterocycles. The molecule has 3 N–H and O–H groups in total. The van der Waals surface area contributed by atoms with Gasteiger partial charge in [0.05, 0.1) is 12.1 Å². The summed E-state index contributed by atoms with van der Waals surface area (Å²) in [7, 11) is 0. The highest BCUT2D eigenvalue weighted by Crippen LogP contribution is 2.32. The van der Waals surface area contributed by atoms with Crippen molar-refractivity contribution in [1.82, 2.24) is 16.0 Å². The average molecular weight is 590 g/mol. The summed E-state index contributed by atoms with van der Waals surface area (Å²) < 4.78 is 21.7. The predicted octanol–water partition coefficient (Wildman–Crippen LogP) is 4.90. The number of ether oxygens (including phenoxy) is 4. The van der Waals surface area contributed by atoms with E-state index in [-0.39, 0.29) is 25.7 Å². The summed E-state index contributed by atoms with van der Waals surface area (Å²) >= 11 is 0. The number of rotatable bonds is 12. The van der Waals surface area contributed by atoms with Gasteiger partial charge in [-0.25, -0.2) is 9.59 Å². The van der Waals surface area contributed by atoms with Gasteiger partial charge in [0.2, 0.25) is 12.7 Å². The molecule has 4 rings (SSSR count). The van der Waals surface area contributed by atoms with Crippen molar-refractivity contribution in [3.05, 3.63) is 95.6 Å². The number of carbonyl (C=O) groups is 3. The van der Waals surface area contributed by atoms with Gasteiger partial charge in [-0.15, -0.1) is 0 Å². The number of fused-ring (bicyclic) bond motifs is 1. The van der Waals surface area contributed by atoms with E-state index < -0.39 is 29.9 Å². The van der Waals surface area contributed by atoms with Gasteiger partial charge in [0, 0.05) is 13.0 Å². The molecule has 3 aromatic rings. The SMILES string of the molecule is CC(C)(C)OC(=O)N[C@@H](Cc1ccccc1)[C@H](CC(=O)NCCc1ccc2c(c1)OCO2)NC(=O)OCc1ccccc1. The Hall–Kier alpha value is -4.73. The molecule has 0 aliphatic carbocycles. The van der Waals surface area contributed by atoms with E-state index in [9.17, 15) is 14.4 Å². The van der Waals surface area contributed by atoms with Gasteiger partial charge < -0.3 is 34.9 Å². The van der Waals surface area contributed by atoms with E-state index in [0.717, 1.165) is 16.7 Å². The second-order valence-corrected chi connectivity index (χ2v) is 11.2. The lowest BCUT2D eigenvalue weighted by Crippen LogP contribution is -2.55. The van der Waals surface area contributed by atoms with E-state index in [1.807, 2.05) is 78.9 Å². The van der Waals surface area contributed by atoms with Crippen molar-refractivity contribution in [2.75, 3.05) is 13.3 Å². The minimum Gasteiger partial charge on any atom is -0.454 e. The molecule has 228 valence electrons. The normalized spacial score (nSPS) is 13.4. The number of hydrogen-bond acceptors (Lipinski definition) is 7. The molecule has 1 aliphatic heterocycles. The maximum atomic E-state index is 13.2. The van der Waals surface area contributed by atoms with Crippen LogP contribution >= 0.6 is 0 Å². The van der Waals surface area contributed by atoms with Crippen molar-refractivity contribution in [1.29, 1.82) is 0 Å². The Kier molecular flexibility index (Phi) is 10.9. The van der Waals surface area contributed by atoms with E-state index in [4.69, 9.17) is 18.9 Å². The van der Waals surface area contributed by atoms with Crippen molar-refractivity contribution >= 4 is 18.1 Å². The van der Waals surface area contributed by atoms with Crippen LogP contribution in [-0.4, -0.2) is 49.1 Å². The molecule has 10 nitrogen and oxygen atoms in total. The summed E-state index contributed by atoms with van der Waals surface area (Å²) in [6.45, 7) is 5.92. The summed E-state index contributed by atoms with van der Waals surface area (Å²) in [5.41, 5.74) is 1.99. The molecular formula is C33H39N3O7. The summed E-state index contributed by atoms with van der Waals surface area (Å²) in [6, 6.07) is 23.0. The number of amides is 3. The second kappa shape index (κ2) is 14.9. The van der Waals surface area contributed by atoms with Gasteiger partial charge in [-0.05, 0) is 62.4 Å². The highest BCUT2D eigenvalue weighted by Gasteiger charge is 2.30. The monoisotopic (exact) mass is 589 g/mol. The molecule has 3 aromatic carbocycles. The molecule has 0 saturated carbocycles. The molecule has 2 atom stereocenters. The van der Waals surface area contributed by atoms with Crippen LogP contribution in [0.15, 0.2) is 78.9 Å². The Morgan fingerprint density at radius 1 is 0.791 bits per heavy atom. The summed E-state index contributed by atoms with van der Waals surface area (Å²) in [6.07, 6.45) is -0.543. The zero-order valence-electron chi connectivity index (χ0n) is 24.8. The van der Waals surface area contributed by atoms with Gasteiger partial charge in [0.1, 0.15) is 12.2 Å². The number of alkyl carbamates (subject to hydrolysis) is 2. The van der Waals surface area contributed by atoms with Crippen LogP contribution in [0.5, 0.6) is 11.5 Å². The zero-order chi connectivity index (χ0) is 30.7. The smallest absolute Gasteiger partial charge is 0.407 e. The topological polar surface area (TPSA) is 124 Å². The molecule has 0 aromatic heterocycles. The molecule has 0 unspecified atom stereocenters. The first-order chi connectivity index (χ1) is 20.6. The lowest BCUT2D eigenvalue weighted by molar-refractivity contribution is -0.121. The number of carbonyl (C=O) groups excluding carboxylic acids is 3. The van der Waals surface area contributed by atoms with Crippen molar-refractivity contribution in [2.45, 2.75) is 64.3 Å². The molecule has 0 spiro atoms. The van der Waals surface area contributed by atoms with Gasteiger partial charge in [-0.3, -0.25) is 4.79 Å². The quantitative estimate of drug-likeness (QED) is 0.275. The average Bonchev–Trinajstić information content (AvgIpc) is 3.44. The third kappa shape index (κ3) is 10.6. The molecule has 1 aliphatic rings. The molecule has 0 fully saturated rings. The van der Waals surface area contributed by atoms with E-state index in [0.29, 0.717) is 30.9 Å². The van der Waals surface area contributed by atoms with Crippen molar-refractivity contribution in [2.24, 2.45) is 0 Å². The van der Waals surface area contributed by atoms with E-state index in [1.54, 1.807) is 20.8 Å². The Bertz CT molecular complexity index is 1360. The van der Waals surface area contributed by atoms with Gasteiger partial charge in [-0.1, -0.05) is 66.7 Å². The van der Waals surface area contributed by atoms with Gasteiger partial charge in [0.15, 0.2) is 11.5 Å². The summed E-state index contributed by atoms with van der Waals surface area (Å²) in [5, 5.41) is 8.62. The Balaban J connectivity index is 1.45. The Labute approximate surface area is 252 Å². The van der Waals surface area contributed by atoms with E-state index in [1.165, 1.54) is 0 Å². The van der Waals surface area contributed by atoms with Crippen LogP contribution in [0.1, 0.15) is 43.9 Å². The maximum Gasteiger partial charge on any atom is 0.407 e. The molecule has 0 bridgehead atoms. The van der Waals surface area contributed by atoms with Crippen LogP contribution in [0.3, 0.4) is 0 Å². The summed E-state index contributed by atoms with van der Waals surface area (Å²) in [4.78, 5) is 39.0. The van der Waals surface area contributed by atoms with E-state index in [2.05, 4.69) is 16.0 Å². The maximum absolute atomic E-state index is 13.2. The Morgan fingerprint density at radius 2 is 1.44 bits per heavy atom. The fourth-order valence-electron chi connectivity index (χ4n) is 4.55. The first-order valence-electron chi connectivity index (χ1n) is 14.3. The molecule has 43 heavy (non-hydrogen) atoms. The first kappa shape index (κ1) is 31.2. The highest BCUT2D eigenvalue weighted by molar-refractivity contribution is 5.78. The fraction of sp³-hybridized carbons (Fsp3) is 0.364. The largest absolute Gasteiger partial charge is 0.454 e. The summed E-state index contributed by atoms with van der Waals surface area (Å²) in [5.74, 6) is 1.08. The minimum atomic E-state index is -0.804. The highest BCUT2D eigenvalue weighted by atomic mass is 16.7. The van der Waals surface area contributed by atoms with Crippen molar-refractivity contribution < 1.29 is 33.3 Å². The lowest BCUT2D eigenvalue weighted by atomic mass is 9.96. The third-order valence-electron chi connectivity index (χ3n) is 6.58. The number of nitrogens with one attached hydrogen (secondary N) is 3. The van der Waals surface area contributed by atoms with Crippen LogP contribution in [0.2, 0.25) is 0 Å². The van der Waals surface area contributed by atoms with Gasteiger partial charge in [0.25, 0.3) is 0 Å².